The maximum atomic E-state index is 13.3. The van der Waals surface area contributed by atoms with Crippen molar-refractivity contribution in [3.8, 4) is 11.5 Å². The van der Waals surface area contributed by atoms with Gasteiger partial charge in [-0.15, -0.1) is 0 Å². The second-order valence-corrected chi connectivity index (χ2v) is 7.94. The summed E-state index contributed by atoms with van der Waals surface area (Å²) in [6, 6.07) is 7.19. The fourth-order valence-electron chi connectivity index (χ4n) is 3.90. The van der Waals surface area contributed by atoms with E-state index in [-0.39, 0.29) is 11.9 Å². The van der Waals surface area contributed by atoms with Crippen LogP contribution in [-0.2, 0) is 0 Å². The summed E-state index contributed by atoms with van der Waals surface area (Å²) in [6.45, 7) is 2.04. The van der Waals surface area contributed by atoms with Gasteiger partial charge < -0.3 is 9.84 Å². The molecular weight excluding hydrogens is 358 g/mol. The van der Waals surface area contributed by atoms with Crippen LogP contribution in [0.5, 0.6) is 11.5 Å². The third-order valence-corrected chi connectivity index (χ3v) is 6.12. The van der Waals surface area contributed by atoms with Gasteiger partial charge in [0, 0.05) is 19.2 Å². The lowest BCUT2D eigenvalue weighted by molar-refractivity contribution is 0.188. The second kappa shape index (κ2) is 7.40. The Morgan fingerprint density at radius 3 is 2.54 bits per heavy atom. The molecule has 3 atom stereocenters. The number of hydrogen-bond donors (Lipinski definition) is 1. The summed E-state index contributed by atoms with van der Waals surface area (Å²) in [5.41, 5.74) is 0. The molecule has 4 nitrogen and oxygen atoms in total. The highest BCUT2D eigenvalue weighted by Gasteiger charge is 2.41. The van der Waals surface area contributed by atoms with Gasteiger partial charge in [-0.25, -0.2) is 13.8 Å². The minimum atomic E-state index is -0.869. The smallest absolute Gasteiger partial charge is 0.162 e. The van der Waals surface area contributed by atoms with Crippen molar-refractivity contribution in [1.29, 1.82) is 0 Å². The molecule has 1 aliphatic carbocycles. The van der Waals surface area contributed by atoms with Gasteiger partial charge in [0.05, 0.1) is 23.2 Å². The molecule has 1 aromatic heterocycles. The minimum Gasteiger partial charge on any atom is -0.506 e. The van der Waals surface area contributed by atoms with E-state index in [2.05, 4.69) is 9.88 Å². The number of aromatic hydroxyl groups is 1. The van der Waals surface area contributed by atoms with Crippen LogP contribution in [0, 0.1) is 23.5 Å². The molecule has 4 rings (SSSR count). The maximum absolute atomic E-state index is 13.3. The van der Waals surface area contributed by atoms with Gasteiger partial charge in [0.2, 0.25) is 0 Å². The number of ether oxygens (including phenoxy) is 1. The Bertz CT molecular complexity index is 761. The van der Waals surface area contributed by atoms with Gasteiger partial charge in [0.1, 0.15) is 11.5 Å². The number of rotatable bonds is 5. The molecule has 1 aliphatic heterocycles. The van der Waals surface area contributed by atoms with Gasteiger partial charge >= 0.3 is 0 Å². The lowest BCUT2D eigenvalue weighted by Crippen LogP contribution is -2.24. The van der Waals surface area contributed by atoms with E-state index in [4.69, 9.17) is 4.74 Å². The normalized spacial score (nSPS) is 25.4. The van der Waals surface area contributed by atoms with Crippen molar-refractivity contribution in [2.45, 2.75) is 24.0 Å². The maximum Gasteiger partial charge on any atom is 0.162 e. The monoisotopic (exact) mass is 378 g/mol. The number of nitrogens with zero attached hydrogens (tertiary/aromatic N) is 2. The third-order valence-electron chi connectivity index (χ3n) is 5.09. The Morgan fingerprint density at radius 2 is 1.88 bits per heavy atom. The van der Waals surface area contributed by atoms with Crippen molar-refractivity contribution in [2.24, 2.45) is 11.8 Å². The molecular formula is C19H20F2N2O2S. The first kappa shape index (κ1) is 17.5. The number of fused-ring (bicyclic) bond motifs is 1. The van der Waals surface area contributed by atoms with Crippen molar-refractivity contribution in [2.75, 3.05) is 19.0 Å². The van der Waals surface area contributed by atoms with Crippen LogP contribution in [0.3, 0.4) is 0 Å². The van der Waals surface area contributed by atoms with Gasteiger partial charge in [-0.05, 0) is 48.9 Å². The Labute approximate surface area is 155 Å². The lowest BCUT2D eigenvalue weighted by atomic mass is 10.0. The number of pyridine rings is 1. The van der Waals surface area contributed by atoms with E-state index >= 15 is 0 Å². The van der Waals surface area contributed by atoms with E-state index in [1.165, 1.54) is 12.3 Å². The van der Waals surface area contributed by atoms with Crippen LogP contribution in [0.25, 0.3) is 0 Å². The molecule has 1 saturated carbocycles. The van der Waals surface area contributed by atoms with Gasteiger partial charge in [-0.3, -0.25) is 4.90 Å². The number of aromatic nitrogens is 1. The molecule has 0 amide bonds. The summed E-state index contributed by atoms with van der Waals surface area (Å²) >= 11 is 1.67. The largest absolute Gasteiger partial charge is 0.506 e. The summed E-state index contributed by atoms with van der Waals surface area (Å²) in [6.07, 6.45) is 3.43. The van der Waals surface area contributed by atoms with Crippen LogP contribution >= 0.6 is 11.8 Å². The minimum absolute atomic E-state index is 0.0726. The average Bonchev–Trinajstić information content (AvgIpc) is 3.16. The standard InChI is InChI=1S/C19H20F2N2O2S/c20-17-3-2-15(7-18(17)21)25-16-5-12-9-23(10-13(12)6-16)11-26-19-4-1-14(24)8-22-19/h1-4,7-8,12-13,16,24H,5-6,9-11H2/t12-,13+,16-. The highest BCUT2D eigenvalue weighted by molar-refractivity contribution is 7.99. The van der Waals surface area contributed by atoms with Gasteiger partial charge in [-0.2, -0.15) is 0 Å². The molecule has 0 spiro atoms. The number of halogens is 2. The van der Waals surface area contributed by atoms with Crippen LogP contribution in [0.15, 0.2) is 41.6 Å². The molecule has 2 heterocycles. The van der Waals surface area contributed by atoms with E-state index < -0.39 is 11.6 Å². The van der Waals surface area contributed by atoms with Gasteiger partial charge in [-0.1, -0.05) is 11.8 Å². The number of benzene rings is 1. The zero-order valence-corrected chi connectivity index (χ0v) is 15.0. The zero-order chi connectivity index (χ0) is 18.1. The van der Waals surface area contributed by atoms with E-state index in [1.54, 1.807) is 17.8 Å². The van der Waals surface area contributed by atoms with Crippen LogP contribution < -0.4 is 4.74 Å². The first-order chi connectivity index (χ1) is 12.6. The summed E-state index contributed by atoms with van der Waals surface area (Å²) in [4.78, 5) is 6.61. The van der Waals surface area contributed by atoms with Crippen molar-refractivity contribution in [3.63, 3.8) is 0 Å². The third kappa shape index (κ3) is 3.94. The Morgan fingerprint density at radius 1 is 1.12 bits per heavy atom. The highest BCUT2D eigenvalue weighted by atomic mass is 32.2. The first-order valence-corrected chi connectivity index (χ1v) is 9.67. The van der Waals surface area contributed by atoms with Crippen molar-refractivity contribution in [3.05, 3.63) is 48.2 Å². The molecule has 1 aromatic carbocycles. The molecule has 2 aromatic rings. The Kier molecular flexibility index (Phi) is 5.00. The Hall–Kier alpha value is -1.86. The van der Waals surface area contributed by atoms with E-state index in [0.29, 0.717) is 17.6 Å². The fraction of sp³-hybridized carbons (Fsp3) is 0.421. The predicted molar refractivity (Wildman–Crippen MR) is 95.2 cm³/mol. The van der Waals surface area contributed by atoms with Gasteiger partial charge in [0.15, 0.2) is 11.6 Å². The Balaban J connectivity index is 1.26. The zero-order valence-electron chi connectivity index (χ0n) is 14.1. The first-order valence-electron chi connectivity index (χ1n) is 8.68. The van der Waals surface area contributed by atoms with Crippen molar-refractivity contribution in [1.82, 2.24) is 9.88 Å². The lowest BCUT2D eigenvalue weighted by Gasteiger charge is -2.19. The molecule has 26 heavy (non-hydrogen) atoms. The molecule has 1 N–H and O–H groups in total. The SMILES string of the molecule is Oc1ccc(SCN2C[C@H]3C[C@@H](Oc4ccc(F)c(F)c4)C[C@H]3C2)nc1. The molecule has 138 valence electrons. The van der Waals surface area contributed by atoms with Crippen LogP contribution in [0.4, 0.5) is 8.78 Å². The predicted octanol–water partition coefficient (Wildman–Crippen LogP) is 3.90. The van der Waals surface area contributed by atoms with Crippen LogP contribution in [0.1, 0.15) is 12.8 Å². The van der Waals surface area contributed by atoms with E-state index in [0.717, 1.165) is 49.0 Å². The average molecular weight is 378 g/mol. The van der Waals surface area contributed by atoms with Crippen LogP contribution in [-0.4, -0.2) is 40.1 Å². The van der Waals surface area contributed by atoms with E-state index in [9.17, 15) is 13.9 Å². The molecule has 2 aliphatic rings. The highest BCUT2D eigenvalue weighted by Crippen LogP contribution is 2.40. The molecule has 7 heteroatoms. The van der Waals surface area contributed by atoms with Crippen molar-refractivity contribution < 1.29 is 18.6 Å². The molecule has 2 fully saturated rings. The fourth-order valence-corrected chi connectivity index (χ4v) is 4.72. The topological polar surface area (TPSA) is 45.6 Å². The summed E-state index contributed by atoms with van der Waals surface area (Å²) in [5, 5.41) is 10.2. The van der Waals surface area contributed by atoms with Gasteiger partial charge in [0.25, 0.3) is 0 Å². The van der Waals surface area contributed by atoms with E-state index in [1.807, 2.05) is 6.07 Å². The van der Waals surface area contributed by atoms with Crippen LogP contribution in [0.2, 0.25) is 0 Å². The van der Waals surface area contributed by atoms with Crippen molar-refractivity contribution >= 4 is 11.8 Å². The summed E-state index contributed by atoms with van der Waals surface area (Å²) < 4.78 is 32.2. The number of hydrogen-bond acceptors (Lipinski definition) is 5. The summed E-state index contributed by atoms with van der Waals surface area (Å²) in [7, 11) is 0. The number of thioether (sulfide) groups is 1. The second-order valence-electron chi connectivity index (χ2n) is 6.97. The summed E-state index contributed by atoms with van der Waals surface area (Å²) in [5.74, 6) is 0.900. The molecule has 1 saturated heterocycles. The molecule has 0 bridgehead atoms. The molecule has 0 radical (unpaired) electrons. The quantitative estimate of drug-likeness (QED) is 0.800. The number of likely N-dealkylation sites (tertiary alicyclic amines) is 1. The molecule has 0 unspecified atom stereocenters.